The van der Waals surface area contributed by atoms with Gasteiger partial charge in [0.25, 0.3) is 0 Å². The van der Waals surface area contributed by atoms with Gasteiger partial charge in [-0.25, -0.2) is 17.6 Å². The van der Waals surface area contributed by atoms with Gasteiger partial charge in [0.1, 0.15) is 5.82 Å². The molecule has 0 amide bonds. The Balaban J connectivity index is 2.28. The molecular weight excluding hydrogens is 294 g/mol. The van der Waals surface area contributed by atoms with Crippen molar-refractivity contribution in [1.82, 2.24) is 0 Å². The molecule has 0 bridgehead atoms. The second-order valence-corrected chi connectivity index (χ2v) is 4.72. The first-order valence-electron chi connectivity index (χ1n) is 5.73. The molecule has 0 radical (unpaired) electrons. The fraction of sp³-hybridized carbons (Fsp3) is 0.143. The summed E-state index contributed by atoms with van der Waals surface area (Å²) in [5, 5.41) is 0.142. The van der Waals surface area contributed by atoms with E-state index in [0.29, 0.717) is 5.56 Å². The van der Waals surface area contributed by atoms with E-state index in [1.807, 2.05) is 0 Å². The van der Waals surface area contributed by atoms with Gasteiger partial charge >= 0.3 is 0 Å². The molecule has 0 saturated heterocycles. The molecule has 0 heterocycles. The van der Waals surface area contributed by atoms with E-state index in [4.69, 9.17) is 17.3 Å². The molecule has 0 spiro atoms. The molecule has 2 aromatic rings. The summed E-state index contributed by atoms with van der Waals surface area (Å²) in [6, 6.07) is 4.67. The Labute approximate surface area is 118 Å². The van der Waals surface area contributed by atoms with Crippen LogP contribution in [0.25, 0.3) is 0 Å². The minimum Gasteiger partial charge on any atom is -0.324 e. The van der Waals surface area contributed by atoms with Crippen LogP contribution in [-0.2, 0) is 6.42 Å². The van der Waals surface area contributed by atoms with Crippen LogP contribution in [0.3, 0.4) is 0 Å². The average Bonchev–Trinajstić information content (AvgIpc) is 2.39. The van der Waals surface area contributed by atoms with Crippen LogP contribution in [0, 0.1) is 23.3 Å². The van der Waals surface area contributed by atoms with E-state index in [1.165, 1.54) is 12.1 Å². The van der Waals surface area contributed by atoms with Gasteiger partial charge in [-0.15, -0.1) is 0 Å². The smallest absolute Gasteiger partial charge is 0.194 e. The maximum absolute atomic E-state index is 13.6. The lowest BCUT2D eigenvalue weighted by Crippen LogP contribution is -2.16. The van der Waals surface area contributed by atoms with Gasteiger partial charge in [0.2, 0.25) is 0 Å². The third kappa shape index (κ3) is 2.94. The molecule has 0 aliphatic rings. The van der Waals surface area contributed by atoms with Crippen LogP contribution < -0.4 is 5.73 Å². The van der Waals surface area contributed by atoms with Gasteiger partial charge in [-0.1, -0.05) is 23.7 Å². The highest BCUT2D eigenvalue weighted by Gasteiger charge is 2.19. The summed E-state index contributed by atoms with van der Waals surface area (Å²) in [4.78, 5) is 0. The van der Waals surface area contributed by atoms with Crippen molar-refractivity contribution in [2.24, 2.45) is 5.73 Å². The maximum Gasteiger partial charge on any atom is 0.194 e. The number of hydrogen-bond acceptors (Lipinski definition) is 1. The zero-order valence-corrected chi connectivity index (χ0v) is 10.9. The molecule has 106 valence electrons. The second kappa shape index (κ2) is 5.81. The molecule has 1 atom stereocenters. The Morgan fingerprint density at radius 2 is 1.70 bits per heavy atom. The molecular formula is C14H10ClF4N. The van der Waals surface area contributed by atoms with Crippen LogP contribution in [-0.4, -0.2) is 0 Å². The summed E-state index contributed by atoms with van der Waals surface area (Å²) in [6.45, 7) is 0. The molecule has 6 heteroatoms. The molecule has 1 nitrogen and oxygen atoms in total. The lowest BCUT2D eigenvalue weighted by atomic mass is 9.99. The highest BCUT2D eigenvalue weighted by molar-refractivity contribution is 6.31. The predicted molar refractivity (Wildman–Crippen MR) is 68.4 cm³/mol. The number of hydrogen-bond donors (Lipinski definition) is 1. The minimum atomic E-state index is -1.57. The van der Waals surface area contributed by atoms with E-state index in [1.54, 1.807) is 0 Å². The normalized spacial score (nSPS) is 12.5. The molecule has 20 heavy (non-hydrogen) atoms. The quantitative estimate of drug-likeness (QED) is 0.669. The summed E-state index contributed by atoms with van der Waals surface area (Å²) < 4.78 is 52.5. The monoisotopic (exact) mass is 303 g/mol. The molecule has 1 unspecified atom stereocenters. The second-order valence-electron chi connectivity index (χ2n) is 4.31. The highest BCUT2D eigenvalue weighted by Crippen LogP contribution is 2.26. The Bertz CT molecular complexity index is 645. The van der Waals surface area contributed by atoms with E-state index < -0.39 is 29.3 Å². The van der Waals surface area contributed by atoms with E-state index in [0.717, 1.165) is 18.2 Å². The summed E-state index contributed by atoms with van der Waals surface area (Å²) in [7, 11) is 0. The van der Waals surface area contributed by atoms with Crippen LogP contribution in [0.4, 0.5) is 17.6 Å². The van der Waals surface area contributed by atoms with Gasteiger partial charge in [0.15, 0.2) is 17.5 Å². The number of halogens is 5. The Morgan fingerprint density at radius 1 is 1.00 bits per heavy atom. The first kappa shape index (κ1) is 14.8. The third-order valence-corrected chi connectivity index (χ3v) is 3.27. The third-order valence-electron chi connectivity index (χ3n) is 2.92. The van der Waals surface area contributed by atoms with E-state index in [-0.39, 0.29) is 17.0 Å². The van der Waals surface area contributed by atoms with Gasteiger partial charge < -0.3 is 5.73 Å². The molecule has 0 aliphatic heterocycles. The summed E-state index contributed by atoms with van der Waals surface area (Å²) in [6.07, 6.45) is 0.0705. The van der Waals surface area contributed by atoms with Crippen molar-refractivity contribution in [2.45, 2.75) is 12.5 Å². The number of nitrogens with two attached hydrogens (primary N) is 1. The molecule has 2 aromatic carbocycles. The lowest BCUT2D eigenvalue weighted by molar-refractivity contribution is 0.435. The molecule has 0 aliphatic carbocycles. The largest absolute Gasteiger partial charge is 0.324 e. The maximum atomic E-state index is 13.6. The van der Waals surface area contributed by atoms with Gasteiger partial charge in [0, 0.05) is 16.6 Å². The van der Waals surface area contributed by atoms with Crippen LogP contribution in [0.15, 0.2) is 30.3 Å². The van der Waals surface area contributed by atoms with E-state index in [2.05, 4.69) is 0 Å². The van der Waals surface area contributed by atoms with Crippen LogP contribution in [0.1, 0.15) is 17.2 Å². The van der Waals surface area contributed by atoms with Gasteiger partial charge in [-0.2, -0.15) is 0 Å². The van der Waals surface area contributed by atoms with E-state index >= 15 is 0 Å². The molecule has 0 fully saturated rings. The minimum absolute atomic E-state index is 0.0705. The Kier molecular flexibility index (Phi) is 4.30. The first-order chi connectivity index (χ1) is 9.40. The molecule has 2 rings (SSSR count). The Hall–Kier alpha value is -1.59. The van der Waals surface area contributed by atoms with Crippen LogP contribution in [0.2, 0.25) is 5.02 Å². The first-order valence-corrected chi connectivity index (χ1v) is 6.11. The predicted octanol–water partition coefficient (Wildman–Crippen LogP) is 4.14. The number of benzene rings is 2. The molecule has 2 N–H and O–H groups in total. The van der Waals surface area contributed by atoms with Gasteiger partial charge in [-0.05, 0) is 30.2 Å². The van der Waals surface area contributed by atoms with Crippen molar-refractivity contribution >= 4 is 11.6 Å². The van der Waals surface area contributed by atoms with Crippen molar-refractivity contribution in [3.63, 3.8) is 0 Å². The van der Waals surface area contributed by atoms with Gasteiger partial charge in [0.05, 0.1) is 0 Å². The fourth-order valence-electron chi connectivity index (χ4n) is 1.86. The highest BCUT2D eigenvalue weighted by atomic mass is 35.5. The van der Waals surface area contributed by atoms with Crippen molar-refractivity contribution < 1.29 is 17.6 Å². The summed E-state index contributed by atoms with van der Waals surface area (Å²) in [5.41, 5.74) is 6.10. The standard InChI is InChI=1S/C14H10ClF4N/c15-10-6-8(16)2-1-7(10)5-12(20)9-3-4-11(17)14(19)13(9)18/h1-4,6,12H,5,20H2. The summed E-state index contributed by atoms with van der Waals surface area (Å²) >= 11 is 5.83. The summed E-state index contributed by atoms with van der Waals surface area (Å²) in [5.74, 6) is -4.68. The zero-order valence-electron chi connectivity index (χ0n) is 10.1. The van der Waals surface area contributed by atoms with Crippen molar-refractivity contribution in [3.05, 3.63) is 69.8 Å². The van der Waals surface area contributed by atoms with Crippen molar-refractivity contribution in [2.75, 3.05) is 0 Å². The Morgan fingerprint density at radius 3 is 2.35 bits per heavy atom. The SMILES string of the molecule is NC(Cc1ccc(F)cc1Cl)c1ccc(F)c(F)c1F. The van der Waals surface area contributed by atoms with Crippen molar-refractivity contribution in [1.29, 1.82) is 0 Å². The van der Waals surface area contributed by atoms with Crippen LogP contribution in [0.5, 0.6) is 0 Å². The molecule has 0 saturated carbocycles. The van der Waals surface area contributed by atoms with Gasteiger partial charge in [-0.3, -0.25) is 0 Å². The number of rotatable bonds is 3. The van der Waals surface area contributed by atoms with E-state index in [9.17, 15) is 17.6 Å². The van der Waals surface area contributed by atoms with Crippen molar-refractivity contribution in [3.8, 4) is 0 Å². The average molecular weight is 304 g/mol. The topological polar surface area (TPSA) is 26.0 Å². The fourth-order valence-corrected chi connectivity index (χ4v) is 2.11. The zero-order chi connectivity index (χ0) is 14.9. The molecule has 0 aromatic heterocycles. The van der Waals surface area contributed by atoms with Crippen LogP contribution >= 0.6 is 11.6 Å². The lowest BCUT2D eigenvalue weighted by Gasteiger charge is -2.14.